The maximum atomic E-state index is 12.2. The van der Waals surface area contributed by atoms with Gasteiger partial charge in [0.1, 0.15) is 0 Å². The lowest BCUT2D eigenvalue weighted by Crippen LogP contribution is -2.09. The van der Waals surface area contributed by atoms with Crippen LogP contribution in [0.5, 0.6) is 0 Å². The normalized spacial score (nSPS) is 11.3. The second kappa shape index (κ2) is 13.3. The lowest BCUT2D eigenvalue weighted by molar-refractivity contribution is 0.306. The van der Waals surface area contributed by atoms with Gasteiger partial charge >= 0.3 is 0 Å². The molecule has 0 radical (unpaired) electrons. The summed E-state index contributed by atoms with van der Waals surface area (Å²) in [7, 11) is -3.62. The maximum absolute atomic E-state index is 12.2. The molecule has 0 fully saturated rings. The Balaban J connectivity index is 0.00000576. The zero-order valence-corrected chi connectivity index (χ0v) is 17.2. The smallest absolute Gasteiger partial charge is 0.297 e. The number of hydrogen-bond donors (Lipinski definition) is 1. The highest BCUT2D eigenvalue weighted by atomic mass is 32.2. The van der Waals surface area contributed by atoms with Gasteiger partial charge in [0.05, 0.1) is 11.5 Å². The minimum Gasteiger partial charge on any atom is -0.344 e. The molecule has 0 amide bonds. The molecule has 0 saturated carbocycles. The van der Waals surface area contributed by atoms with Gasteiger partial charge in [-0.05, 0) is 37.5 Å². The molecule has 0 aliphatic carbocycles. The van der Waals surface area contributed by atoms with Crippen molar-refractivity contribution in [2.75, 3.05) is 6.61 Å². The van der Waals surface area contributed by atoms with E-state index in [9.17, 15) is 8.42 Å². The van der Waals surface area contributed by atoms with E-state index in [2.05, 4.69) is 6.92 Å². The zero-order valence-electron chi connectivity index (χ0n) is 16.4. The molecule has 0 aliphatic heterocycles. The van der Waals surface area contributed by atoms with Crippen molar-refractivity contribution in [3.05, 3.63) is 29.3 Å². The van der Waals surface area contributed by atoms with Crippen molar-refractivity contribution < 1.29 is 12.6 Å². The van der Waals surface area contributed by atoms with Crippen LogP contribution in [0.4, 0.5) is 0 Å². The monoisotopic (exact) mass is 371 g/mol. The van der Waals surface area contributed by atoms with Crippen LogP contribution >= 0.6 is 0 Å². The van der Waals surface area contributed by atoms with Crippen LogP contribution in [0.3, 0.4) is 0 Å². The predicted octanol–water partition coefficient (Wildman–Crippen LogP) is 6.09. The van der Waals surface area contributed by atoms with Crippen molar-refractivity contribution in [2.24, 2.45) is 0 Å². The molecule has 0 saturated heterocycles. The lowest BCUT2D eigenvalue weighted by Gasteiger charge is -2.10. The average Bonchev–Trinajstić information content (AvgIpc) is 2.55. The Kier molecular flexibility index (Phi) is 12.8. The molecule has 146 valence electrons. The highest BCUT2D eigenvalue weighted by Crippen LogP contribution is 2.20. The van der Waals surface area contributed by atoms with Gasteiger partial charge in [0.2, 0.25) is 0 Å². The standard InChI is InChI=1S/C20H34O3S.H3N/c1-4-5-6-7-8-9-10-11-12-13-17-23-24(21,22)20-16-14-15-18(2)19(20)3;/h14-16H,4-13,17H2,1-3H3;1H3. The highest BCUT2D eigenvalue weighted by Gasteiger charge is 2.18. The molecule has 1 aromatic rings. The summed E-state index contributed by atoms with van der Waals surface area (Å²) in [6.45, 7) is 6.26. The van der Waals surface area contributed by atoms with Crippen molar-refractivity contribution in [3.8, 4) is 0 Å². The molecule has 25 heavy (non-hydrogen) atoms. The van der Waals surface area contributed by atoms with Crippen LogP contribution in [0.1, 0.15) is 82.3 Å². The number of rotatable bonds is 13. The number of hydrogen-bond acceptors (Lipinski definition) is 4. The maximum Gasteiger partial charge on any atom is 0.297 e. The average molecular weight is 372 g/mol. The molecule has 1 rings (SSSR count). The van der Waals surface area contributed by atoms with Gasteiger partial charge in [-0.15, -0.1) is 0 Å². The van der Waals surface area contributed by atoms with Crippen LogP contribution < -0.4 is 6.15 Å². The third-order valence-electron chi connectivity index (χ3n) is 4.56. The Morgan fingerprint density at radius 1 is 0.840 bits per heavy atom. The van der Waals surface area contributed by atoms with Crippen LogP contribution in [0.15, 0.2) is 23.1 Å². The quantitative estimate of drug-likeness (QED) is 0.336. The molecule has 4 nitrogen and oxygen atoms in total. The molecule has 0 spiro atoms. The summed E-state index contributed by atoms with van der Waals surface area (Å²) in [5, 5.41) is 0. The van der Waals surface area contributed by atoms with Gasteiger partial charge in [-0.3, -0.25) is 4.18 Å². The minimum absolute atomic E-state index is 0. The molecule has 0 aliphatic rings. The van der Waals surface area contributed by atoms with E-state index in [1.54, 1.807) is 12.1 Å². The van der Waals surface area contributed by atoms with Crippen molar-refractivity contribution in [3.63, 3.8) is 0 Å². The summed E-state index contributed by atoms with van der Waals surface area (Å²) in [4.78, 5) is 0.301. The molecular weight excluding hydrogens is 334 g/mol. The Morgan fingerprint density at radius 3 is 1.92 bits per heavy atom. The van der Waals surface area contributed by atoms with Crippen molar-refractivity contribution in [1.29, 1.82) is 0 Å². The SMILES string of the molecule is CCCCCCCCCCCCOS(=O)(=O)c1cccc(C)c1C.N. The summed E-state index contributed by atoms with van der Waals surface area (Å²) in [5.41, 5.74) is 1.75. The van der Waals surface area contributed by atoms with Gasteiger partial charge in [-0.1, -0.05) is 76.8 Å². The Morgan fingerprint density at radius 2 is 1.36 bits per heavy atom. The molecule has 3 N–H and O–H groups in total. The van der Waals surface area contributed by atoms with Gasteiger partial charge in [0.25, 0.3) is 10.1 Å². The molecule has 1 aromatic carbocycles. The van der Waals surface area contributed by atoms with Crippen molar-refractivity contribution >= 4 is 10.1 Å². The van der Waals surface area contributed by atoms with Crippen LogP contribution in [0.25, 0.3) is 0 Å². The van der Waals surface area contributed by atoms with Gasteiger partial charge in [0.15, 0.2) is 0 Å². The van der Waals surface area contributed by atoms with E-state index in [4.69, 9.17) is 4.18 Å². The summed E-state index contributed by atoms with van der Waals surface area (Å²) in [5.74, 6) is 0. The molecule has 0 heterocycles. The summed E-state index contributed by atoms with van der Waals surface area (Å²) in [6.07, 6.45) is 12.2. The summed E-state index contributed by atoms with van der Waals surface area (Å²) >= 11 is 0. The summed E-state index contributed by atoms with van der Waals surface area (Å²) in [6, 6.07) is 5.30. The predicted molar refractivity (Wildman–Crippen MR) is 106 cm³/mol. The van der Waals surface area contributed by atoms with Crippen molar-refractivity contribution in [2.45, 2.75) is 89.9 Å². The first-order chi connectivity index (χ1) is 11.5. The van der Waals surface area contributed by atoms with Gasteiger partial charge < -0.3 is 6.15 Å². The Bertz CT molecular complexity index is 570. The lowest BCUT2D eigenvalue weighted by atomic mass is 10.1. The largest absolute Gasteiger partial charge is 0.344 e. The zero-order chi connectivity index (χ0) is 17.8. The molecule has 5 heteroatoms. The summed E-state index contributed by atoms with van der Waals surface area (Å²) < 4.78 is 29.7. The Labute approximate surface area is 155 Å². The topological polar surface area (TPSA) is 78.4 Å². The number of unbranched alkanes of at least 4 members (excludes halogenated alkanes) is 9. The van der Waals surface area contributed by atoms with Gasteiger partial charge in [0, 0.05) is 0 Å². The van der Waals surface area contributed by atoms with E-state index in [1.807, 2.05) is 19.9 Å². The second-order valence-corrected chi connectivity index (χ2v) is 8.24. The van der Waals surface area contributed by atoms with Crippen LogP contribution in [0.2, 0.25) is 0 Å². The molecule has 0 bridgehead atoms. The number of aryl methyl sites for hydroxylation is 1. The molecule has 0 aromatic heterocycles. The van der Waals surface area contributed by atoms with E-state index in [1.165, 1.54) is 51.4 Å². The third kappa shape index (κ3) is 9.38. The fraction of sp³-hybridized carbons (Fsp3) is 0.700. The van der Waals surface area contributed by atoms with Crippen molar-refractivity contribution in [1.82, 2.24) is 6.15 Å². The first kappa shape index (κ1) is 24.1. The van der Waals surface area contributed by atoms with Gasteiger partial charge in [-0.2, -0.15) is 8.42 Å². The van der Waals surface area contributed by atoms with Crippen LogP contribution in [0, 0.1) is 13.8 Å². The van der Waals surface area contributed by atoms with Gasteiger partial charge in [-0.25, -0.2) is 0 Å². The fourth-order valence-corrected chi connectivity index (χ4v) is 4.06. The second-order valence-electron chi connectivity index (χ2n) is 6.66. The first-order valence-corrected chi connectivity index (χ1v) is 10.9. The number of benzene rings is 1. The molecule has 0 unspecified atom stereocenters. The van der Waals surface area contributed by atoms with E-state index >= 15 is 0 Å². The van der Waals surface area contributed by atoms with E-state index in [-0.39, 0.29) is 12.8 Å². The van der Waals surface area contributed by atoms with E-state index in [0.717, 1.165) is 24.0 Å². The fourth-order valence-electron chi connectivity index (χ4n) is 2.82. The molecular formula is C20H37NO3S. The van der Waals surface area contributed by atoms with Crippen LogP contribution in [-0.4, -0.2) is 15.0 Å². The Hall–Kier alpha value is -0.910. The highest BCUT2D eigenvalue weighted by molar-refractivity contribution is 7.86. The van der Waals surface area contributed by atoms with E-state index < -0.39 is 10.1 Å². The van der Waals surface area contributed by atoms with Crippen LogP contribution in [-0.2, 0) is 14.3 Å². The third-order valence-corrected chi connectivity index (χ3v) is 6.02. The minimum atomic E-state index is -3.62. The van der Waals surface area contributed by atoms with E-state index in [0.29, 0.717) is 4.90 Å². The first-order valence-electron chi connectivity index (χ1n) is 9.44. The molecule has 0 atom stereocenters.